The summed E-state index contributed by atoms with van der Waals surface area (Å²) in [5.74, 6) is 1.15. The molecule has 8 nitrogen and oxygen atoms in total. The lowest BCUT2D eigenvalue weighted by molar-refractivity contribution is -0.384. The van der Waals surface area contributed by atoms with Crippen LogP contribution in [0.5, 0.6) is 11.5 Å². The molecule has 1 amide bonds. The molecule has 0 aliphatic rings. The van der Waals surface area contributed by atoms with Gasteiger partial charge in [-0.1, -0.05) is 12.1 Å². The maximum absolute atomic E-state index is 12.5. The van der Waals surface area contributed by atoms with Crippen molar-refractivity contribution in [3.63, 3.8) is 0 Å². The van der Waals surface area contributed by atoms with Crippen molar-refractivity contribution in [2.45, 2.75) is 6.54 Å². The molecule has 0 saturated carbocycles. The van der Waals surface area contributed by atoms with Gasteiger partial charge in [-0.15, -0.1) is 0 Å². The number of ether oxygens (including phenoxy) is 2. The molecule has 2 aromatic rings. The van der Waals surface area contributed by atoms with E-state index in [9.17, 15) is 14.9 Å². The summed E-state index contributed by atoms with van der Waals surface area (Å²) in [6.07, 6.45) is 0. The maximum Gasteiger partial charge on any atom is 0.269 e. The Morgan fingerprint density at radius 2 is 1.74 bits per heavy atom. The molecule has 0 bridgehead atoms. The maximum atomic E-state index is 12.5. The molecule has 0 spiro atoms. The van der Waals surface area contributed by atoms with Crippen molar-refractivity contribution in [2.24, 2.45) is 0 Å². The summed E-state index contributed by atoms with van der Waals surface area (Å²) in [5, 5.41) is 10.7. The van der Waals surface area contributed by atoms with Crippen molar-refractivity contribution in [3.05, 3.63) is 58.1 Å². The SMILES string of the molecule is COc1cccc(CN(C)CC(=O)N(C)c2ccc([N+](=O)[O-])cc2)c1OC. The minimum Gasteiger partial charge on any atom is -0.493 e. The van der Waals surface area contributed by atoms with Gasteiger partial charge in [0.2, 0.25) is 5.91 Å². The van der Waals surface area contributed by atoms with Crippen LogP contribution in [0.2, 0.25) is 0 Å². The first kappa shape index (κ1) is 20.2. The van der Waals surface area contributed by atoms with Gasteiger partial charge in [-0.25, -0.2) is 0 Å². The number of nitro groups is 1. The smallest absolute Gasteiger partial charge is 0.269 e. The quantitative estimate of drug-likeness (QED) is 0.522. The van der Waals surface area contributed by atoms with Gasteiger partial charge < -0.3 is 14.4 Å². The predicted molar refractivity (Wildman–Crippen MR) is 102 cm³/mol. The van der Waals surface area contributed by atoms with Crippen LogP contribution in [0.4, 0.5) is 11.4 Å². The standard InChI is InChI=1S/C19H23N3O5/c1-20(12-14-6-5-7-17(26-3)19(14)27-4)13-18(23)21(2)15-8-10-16(11-9-15)22(24)25/h5-11H,12-13H2,1-4H3. The summed E-state index contributed by atoms with van der Waals surface area (Å²) in [6.45, 7) is 0.675. The lowest BCUT2D eigenvalue weighted by atomic mass is 10.1. The van der Waals surface area contributed by atoms with Gasteiger partial charge in [0.15, 0.2) is 11.5 Å². The van der Waals surface area contributed by atoms with E-state index in [0.29, 0.717) is 23.7 Å². The second-order valence-corrected chi connectivity index (χ2v) is 6.05. The van der Waals surface area contributed by atoms with Crippen molar-refractivity contribution in [1.82, 2.24) is 4.90 Å². The average molecular weight is 373 g/mol. The first-order valence-electron chi connectivity index (χ1n) is 8.26. The fourth-order valence-electron chi connectivity index (χ4n) is 2.70. The minimum atomic E-state index is -0.471. The van der Waals surface area contributed by atoms with E-state index in [0.717, 1.165) is 5.56 Å². The van der Waals surface area contributed by atoms with Crippen molar-refractivity contribution < 1.29 is 19.2 Å². The average Bonchev–Trinajstić information content (AvgIpc) is 2.66. The normalized spacial score (nSPS) is 10.6. The van der Waals surface area contributed by atoms with Crippen LogP contribution in [0.25, 0.3) is 0 Å². The Kier molecular flexibility index (Phi) is 6.73. The van der Waals surface area contributed by atoms with Gasteiger partial charge in [-0.05, 0) is 25.2 Å². The topological polar surface area (TPSA) is 85.2 Å². The van der Waals surface area contributed by atoms with Gasteiger partial charge in [-0.2, -0.15) is 0 Å². The molecular weight excluding hydrogens is 350 g/mol. The molecule has 0 aliphatic heterocycles. The molecule has 0 saturated heterocycles. The van der Waals surface area contributed by atoms with Crippen molar-refractivity contribution in [3.8, 4) is 11.5 Å². The summed E-state index contributed by atoms with van der Waals surface area (Å²) in [5.41, 5.74) is 1.49. The molecule has 0 radical (unpaired) electrons. The lowest BCUT2D eigenvalue weighted by Gasteiger charge is -2.23. The van der Waals surface area contributed by atoms with E-state index in [1.807, 2.05) is 30.1 Å². The fraction of sp³-hybridized carbons (Fsp3) is 0.316. The number of benzene rings is 2. The van der Waals surface area contributed by atoms with Crippen molar-refractivity contribution in [2.75, 3.05) is 39.8 Å². The first-order valence-corrected chi connectivity index (χ1v) is 8.26. The first-order chi connectivity index (χ1) is 12.9. The number of methoxy groups -OCH3 is 2. The number of amides is 1. The number of carbonyl (C=O) groups excluding carboxylic acids is 1. The molecule has 0 heterocycles. The highest BCUT2D eigenvalue weighted by atomic mass is 16.6. The van der Waals surface area contributed by atoms with Crippen LogP contribution in [0.1, 0.15) is 5.56 Å². The number of non-ortho nitro benzene ring substituents is 1. The summed E-state index contributed by atoms with van der Waals surface area (Å²) in [7, 11) is 6.63. The molecule has 2 aromatic carbocycles. The van der Waals surface area contributed by atoms with E-state index in [4.69, 9.17) is 9.47 Å². The third-order valence-corrected chi connectivity index (χ3v) is 4.15. The Morgan fingerprint density at radius 1 is 1.07 bits per heavy atom. The van der Waals surface area contributed by atoms with E-state index in [2.05, 4.69) is 0 Å². The molecule has 27 heavy (non-hydrogen) atoms. The van der Waals surface area contributed by atoms with E-state index in [-0.39, 0.29) is 18.1 Å². The molecule has 0 N–H and O–H groups in total. The van der Waals surface area contributed by atoms with E-state index < -0.39 is 4.92 Å². The van der Waals surface area contributed by atoms with Gasteiger partial charge >= 0.3 is 0 Å². The van der Waals surface area contributed by atoms with E-state index in [1.54, 1.807) is 33.4 Å². The summed E-state index contributed by atoms with van der Waals surface area (Å²) in [6, 6.07) is 11.5. The Balaban J connectivity index is 2.04. The molecule has 0 fully saturated rings. The van der Waals surface area contributed by atoms with E-state index >= 15 is 0 Å². The number of carbonyl (C=O) groups is 1. The van der Waals surface area contributed by atoms with Crippen LogP contribution in [0.15, 0.2) is 42.5 Å². The van der Waals surface area contributed by atoms with Crippen LogP contribution in [0.3, 0.4) is 0 Å². The zero-order chi connectivity index (χ0) is 20.0. The number of hydrogen-bond donors (Lipinski definition) is 0. The second kappa shape index (κ2) is 9.00. The number of anilines is 1. The highest BCUT2D eigenvalue weighted by molar-refractivity contribution is 5.94. The molecule has 0 aliphatic carbocycles. The number of rotatable bonds is 8. The van der Waals surface area contributed by atoms with E-state index in [1.165, 1.54) is 17.0 Å². The van der Waals surface area contributed by atoms with Crippen LogP contribution >= 0.6 is 0 Å². The number of hydrogen-bond acceptors (Lipinski definition) is 6. The molecule has 144 valence electrons. The third-order valence-electron chi connectivity index (χ3n) is 4.15. The highest BCUT2D eigenvalue weighted by Gasteiger charge is 2.17. The number of nitrogens with zero attached hydrogens (tertiary/aromatic N) is 3. The van der Waals surface area contributed by atoms with Crippen LogP contribution < -0.4 is 14.4 Å². The van der Waals surface area contributed by atoms with Gasteiger partial charge in [0.05, 0.1) is 25.7 Å². The molecule has 0 atom stereocenters. The molecular formula is C19H23N3O5. The Hall–Kier alpha value is -3.13. The molecule has 8 heteroatoms. The zero-order valence-corrected chi connectivity index (χ0v) is 15.8. The van der Waals surface area contributed by atoms with Crippen LogP contribution in [-0.4, -0.2) is 50.6 Å². The Morgan fingerprint density at radius 3 is 2.30 bits per heavy atom. The fourth-order valence-corrected chi connectivity index (χ4v) is 2.70. The molecule has 0 unspecified atom stereocenters. The summed E-state index contributed by atoms with van der Waals surface area (Å²) in [4.78, 5) is 26.1. The number of nitro benzene ring substituents is 1. The van der Waals surface area contributed by atoms with Crippen molar-refractivity contribution >= 4 is 17.3 Å². The number of likely N-dealkylation sites (N-methyl/N-ethyl adjacent to an activating group) is 2. The minimum absolute atomic E-state index is 0.0122. The van der Waals surface area contributed by atoms with Gasteiger partial charge in [0.25, 0.3) is 5.69 Å². The van der Waals surface area contributed by atoms with Crippen LogP contribution in [0, 0.1) is 10.1 Å². The van der Waals surface area contributed by atoms with Gasteiger partial charge in [0.1, 0.15) is 0 Å². The lowest BCUT2D eigenvalue weighted by Crippen LogP contribution is -2.36. The predicted octanol–water partition coefficient (Wildman–Crippen LogP) is 2.71. The van der Waals surface area contributed by atoms with Gasteiger partial charge in [0, 0.05) is 37.0 Å². The second-order valence-electron chi connectivity index (χ2n) is 6.05. The summed E-state index contributed by atoms with van der Waals surface area (Å²) >= 11 is 0. The van der Waals surface area contributed by atoms with Crippen molar-refractivity contribution in [1.29, 1.82) is 0 Å². The summed E-state index contributed by atoms with van der Waals surface area (Å²) < 4.78 is 10.7. The largest absolute Gasteiger partial charge is 0.493 e. The third kappa shape index (κ3) is 4.95. The number of para-hydroxylation sites is 1. The Bertz CT molecular complexity index is 807. The monoisotopic (exact) mass is 373 g/mol. The molecule has 0 aromatic heterocycles. The Labute approximate surface area is 158 Å². The van der Waals surface area contributed by atoms with Crippen LogP contribution in [-0.2, 0) is 11.3 Å². The highest BCUT2D eigenvalue weighted by Crippen LogP contribution is 2.31. The zero-order valence-electron chi connectivity index (χ0n) is 15.8. The van der Waals surface area contributed by atoms with Gasteiger partial charge in [-0.3, -0.25) is 19.8 Å². The molecule has 2 rings (SSSR count).